The smallest absolute Gasteiger partial charge is 0.339 e. The molecule has 0 aliphatic carbocycles. The Hall–Kier alpha value is -5.58. The lowest BCUT2D eigenvalue weighted by Crippen LogP contribution is -2.56. The number of aliphatic hydroxyl groups excluding tert-OH is 2. The molecule has 0 saturated carbocycles. The molecular weight excluding hydrogens is 580 g/mol. The summed E-state index contributed by atoms with van der Waals surface area (Å²) in [6.45, 7) is -0.602. The van der Waals surface area contributed by atoms with Gasteiger partial charge < -0.3 is 69.7 Å². The van der Waals surface area contributed by atoms with Gasteiger partial charge >= 0.3 is 5.97 Å². The van der Waals surface area contributed by atoms with E-state index in [1.54, 1.807) is 0 Å². The number of benzene rings is 3. The molecule has 0 spiro atoms. The maximum atomic E-state index is 13.6. The van der Waals surface area contributed by atoms with Gasteiger partial charge in [0.2, 0.25) is 17.5 Å². The van der Waals surface area contributed by atoms with Crippen LogP contribution in [-0.2, 0) is 9.47 Å². The van der Waals surface area contributed by atoms with Crippen LogP contribution in [0.25, 0.3) is 22.3 Å². The second-order valence-corrected chi connectivity index (χ2v) is 9.40. The van der Waals surface area contributed by atoms with Crippen LogP contribution in [0.15, 0.2) is 45.6 Å². The van der Waals surface area contributed by atoms with Gasteiger partial charge in [-0.2, -0.15) is 0 Å². The van der Waals surface area contributed by atoms with Crippen LogP contribution >= 0.6 is 0 Å². The average Bonchev–Trinajstić information content (AvgIpc) is 2.94. The molecular formula is C27H22O16. The van der Waals surface area contributed by atoms with Gasteiger partial charge in [0.05, 0.1) is 12.2 Å². The number of phenols is 8. The maximum Gasteiger partial charge on any atom is 0.339 e. The summed E-state index contributed by atoms with van der Waals surface area (Å²) in [6, 6.07) is 5.00. The van der Waals surface area contributed by atoms with Gasteiger partial charge in [0.25, 0.3) is 0 Å². The third-order valence-corrected chi connectivity index (χ3v) is 6.46. The van der Waals surface area contributed by atoms with Crippen molar-refractivity contribution >= 4 is 16.9 Å². The number of ether oxygens (including phenoxy) is 3. The molecule has 1 fully saturated rings. The molecule has 4 atom stereocenters. The second kappa shape index (κ2) is 10.7. The predicted molar refractivity (Wildman–Crippen MR) is 139 cm³/mol. The zero-order valence-corrected chi connectivity index (χ0v) is 21.4. The van der Waals surface area contributed by atoms with Crippen LogP contribution in [0.3, 0.4) is 0 Å². The number of hydrogen-bond acceptors (Lipinski definition) is 16. The van der Waals surface area contributed by atoms with Crippen LogP contribution in [-0.4, -0.2) is 88.2 Å². The highest BCUT2D eigenvalue weighted by Crippen LogP contribution is 2.43. The van der Waals surface area contributed by atoms with E-state index in [0.717, 1.165) is 36.4 Å². The molecule has 16 heteroatoms. The Bertz CT molecular complexity index is 1770. The van der Waals surface area contributed by atoms with E-state index in [0.29, 0.717) is 0 Å². The number of aliphatic hydroxyl groups is 2. The molecule has 3 aromatic carbocycles. The standard InChI is InChI=1S/C27H22O16/c28-10-5-11(29)18-17(6-10)41-23(8-1-12(30)19(35)13(31)2-8)24(22(18)38)43-27-25(21(37)16(34)7-40-27)42-26(39)9-3-14(32)20(36)15(33)4-9/h1-6,16,21,25,27-37H,7H2. The molecule has 2 heterocycles. The Kier molecular flexibility index (Phi) is 7.18. The summed E-state index contributed by atoms with van der Waals surface area (Å²) in [5, 5.41) is 99.5. The SMILES string of the molecule is O=C(OC1C(Oc2c(-c3cc(O)c(O)c(O)c3)oc3cc(O)cc(O)c3c2=O)OCC(O)C1O)c1cc(O)c(O)c(O)c1. The number of phenolic OH excluding ortho intramolecular Hbond substituents is 8. The van der Waals surface area contributed by atoms with Crippen LogP contribution in [0.1, 0.15) is 10.4 Å². The first kappa shape index (κ1) is 28.9. The molecule has 0 bridgehead atoms. The third kappa shape index (κ3) is 5.16. The fourth-order valence-corrected chi connectivity index (χ4v) is 4.32. The van der Waals surface area contributed by atoms with Gasteiger partial charge in [-0.3, -0.25) is 4.79 Å². The van der Waals surface area contributed by atoms with Crippen molar-refractivity contribution in [3.8, 4) is 63.1 Å². The number of rotatable bonds is 5. The maximum absolute atomic E-state index is 13.6. The van der Waals surface area contributed by atoms with Gasteiger partial charge in [0.1, 0.15) is 34.7 Å². The number of fused-ring (bicyclic) bond motifs is 1. The Balaban J connectivity index is 1.62. The Morgan fingerprint density at radius 3 is 1.98 bits per heavy atom. The van der Waals surface area contributed by atoms with Crippen molar-refractivity contribution in [2.45, 2.75) is 24.6 Å². The molecule has 16 nitrogen and oxygen atoms in total. The molecule has 1 aliphatic heterocycles. The van der Waals surface area contributed by atoms with Crippen LogP contribution in [0, 0.1) is 0 Å². The molecule has 10 N–H and O–H groups in total. The normalized spacial score (nSPS) is 20.1. The van der Waals surface area contributed by atoms with E-state index in [-0.39, 0.29) is 11.1 Å². The van der Waals surface area contributed by atoms with Gasteiger partial charge in [-0.25, -0.2) is 4.79 Å². The molecule has 0 amide bonds. The molecule has 1 aliphatic rings. The first-order valence-corrected chi connectivity index (χ1v) is 12.1. The van der Waals surface area contributed by atoms with Crippen molar-refractivity contribution in [1.82, 2.24) is 0 Å². The van der Waals surface area contributed by atoms with E-state index >= 15 is 0 Å². The van der Waals surface area contributed by atoms with Gasteiger partial charge in [-0.1, -0.05) is 0 Å². The zero-order chi connectivity index (χ0) is 31.3. The van der Waals surface area contributed by atoms with E-state index in [4.69, 9.17) is 18.6 Å². The van der Waals surface area contributed by atoms with Crippen molar-refractivity contribution in [3.05, 3.63) is 52.2 Å². The Morgan fingerprint density at radius 2 is 1.37 bits per heavy atom. The zero-order valence-electron chi connectivity index (χ0n) is 21.4. The fraction of sp³-hybridized carbons (Fsp3) is 0.185. The largest absolute Gasteiger partial charge is 0.508 e. The van der Waals surface area contributed by atoms with Crippen LogP contribution in [0.2, 0.25) is 0 Å². The summed E-state index contributed by atoms with van der Waals surface area (Å²) < 4.78 is 22.0. The van der Waals surface area contributed by atoms with Gasteiger partial charge in [-0.15, -0.1) is 0 Å². The van der Waals surface area contributed by atoms with E-state index in [1.165, 1.54) is 0 Å². The molecule has 43 heavy (non-hydrogen) atoms. The number of carbonyl (C=O) groups is 1. The summed E-state index contributed by atoms with van der Waals surface area (Å²) in [5.74, 6) is -9.21. The molecule has 4 aromatic rings. The highest BCUT2D eigenvalue weighted by atomic mass is 16.7. The van der Waals surface area contributed by atoms with Crippen LogP contribution in [0.4, 0.5) is 0 Å². The lowest BCUT2D eigenvalue weighted by Gasteiger charge is -2.37. The highest BCUT2D eigenvalue weighted by molar-refractivity contribution is 5.91. The molecule has 4 unspecified atom stereocenters. The Labute approximate surface area is 238 Å². The number of aromatic hydroxyl groups is 8. The summed E-state index contributed by atoms with van der Waals surface area (Å²) in [7, 11) is 0. The van der Waals surface area contributed by atoms with Gasteiger partial charge in [0, 0.05) is 17.7 Å². The van der Waals surface area contributed by atoms with Crippen molar-refractivity contribution in [3.63, 3.8) is 0 Å². The fourth-order valence-electron chi connectivity index (χ4n) is 4.32. The van der Waals surface area contributed by atoms with E-state index in [1.807, 2.05) is 0 Å². The number of hydrogen-bond donors (Lipinski definition) is 10. The minimum absolute atomic E-state index is 0.274. The summed E-state index contributed by atoms with van der Waals surface area (Å²) >= 11 is 0. The van der Waals surface area contributed by atoms with E-state index < -0.39 is 111 Å². The number of carbonyl (C=O) groups excluding carboxylic acids is 1. The molecule has 5 rings (SSSR count). The lowest BCUT2D eigenvalue weighted by molar-refractivity contribution is -0.241. The molecule has 1 aromatic heterocycles. The minimum Gasteiger partial charge on any atom is -0.508 e. The van der Waals surface area contributed by atoms with E-state index in [2.05, 4.69) is 0 Å². The summed E-state index contributed by atoms with van der Waals surface area (Å²) in [4.78, 5) is 26.5. The first-order valence-electron chi connectivity index (χ1n) is 12.1. The van der Waals surface area contributed by atoms with Gasteiger partial charge in [0.15, 0.2) is 46.4 Å². The van der Waals surface area contributed by atoms with Crippen LogP contribution in [0.5, 0.6) is 51.7 Å². The van der Waals surface area contributed by atoms with Gasteiger partial charge in [-0.05, 0) is 24.3 Å². The highest BCUT2D eigenvalue weighted by Gasteiger charge is 2.44. The number of esters is 1. The monoisotopic (exact) mass is 602 g/mol. The quantitative estimate of drug-likeness (QED) is 0.112. The van der Waals surface area contributed by atoms with Crippen LogP contribution < -0.4 is 10.2 Å². The Morgan fingerprint density at radius 1 is 0.791 bits per heavy atom. The summed E-state index contributed by atoms with van der Waals surface area (Å²) in [5.41, 5.74) is -2.27. The molecule has 0 radical (unpaired) electrons. The molecule has 226 valence electrons. The van der Waals surface area contributed by atoms with Crippen molar-refractivity contribution < 1.29 is 74.5 Å². The third-order valence-electron chi connectivity index (χ3n) is 6.46. The predicted octanol–water partition coefficient (Wildman–Crippen LogP) is 0.787. The lowest BCUT2D eigenvalue weighted by atomic mass is 10.0. The minimum atomic E-state index is -1.91. The van der Waals surface area contributed by atoms with Crippen molar-refractivity contribution in [1.29, 1.82) is 0 Å². The topological polar surface area (TPSA) is 277 Å². The second-order valence-electron chi connectivity index (χ2n) is 9.40. The van der Waals surface area contributed by atoms with Crippen molar-refractivity contribution in [2.24, 2.45) is 0 Å². The van der Waals surface area contributed by atoms with Crippen molar-refractivity contribution in [2.75, 3.05) is 6.61 Å². The molecule has 1 saturated heterocycles. The van der Waals surface area contributed by atoms with E-state index in [9.17, 15) is 60.7 Å². The average molecular weight is 602 g/mol. The first-order chi connectivity index (χ1) is 20.3. The summed E-state index contributed by atoms with van der Waals surface area (Å²) in [6.07, 6.45) is -7.33.